The molecular formula is C20H25N3O2. The number of carbonyl (C=O) groups is 1. The molecule has 0 radical (unpaired) electrons. The standard InChI is InChI=1S/C20H25N3O2/c1-16-5-4-12-22(14-16)18-9-7-17(8-10-18)13-21-19(24)15-23-11-3-2-6-20(23)25/h2-3,6-11,16H,4-5,12-15H2,1H3,(H,21,24). The summed E-state index contributed by atoms with van der Waals surface area (Å²) in [5, 5.41) is 2.87. The summed E-state index contributed by atoms with van der Waals surface area (Å²) in [6.07, 6.45) is 4.18. The molecular weight excluding hydrogens is 314 g/mol. The third-order valence-corrected chi connectivity index (χ3v) is 4.66. The van der Waals surface area contributed by atoms with Crippen molar-refractivity contribution in [2.75, 3.05) is 18.0 Å². The highest BCUT2D eigenvalue weighted by Crippen LogP contribution is 2.23. The summed E-state index contributed by atoms with van der Waals surface area (Å²) in [7, 11) is 0. The van der Waals surface area contributed by atoms with E-state index in [9.17, 15) is 9.59 Å². The topological polar surface area (TPSA) is 54.3 Å². The summed E-state index contributed by atoms with van der Waals surface area (Å²) >= 11 is 0. The number of rotatable bonds is 5. The highest BCUT2D eigenvalue weighted by molar-refractivity contribution is 5.75. The molecule has 1 N–H and O–H groups in total. The number of aromatic nitrogens is 1. The van der Waals surface area contributed by atoms with Gasteiger partial charge >= 0.3 is 0 Å². The van der Waals surface area contributed by atoms with Gasteiger partial charge in [0.15, 0.2) is 0 Å². The molecule has 1 aromatic heterocycles. The maximum absolute atomic E-state index is 12.0. The second-order valence-electron chi connectivity index (χ2n) is 6.80. The Bertz CT molecular complexity index is 767. The molecule has 1 amide bonds. The average Bonchev–Trinajstić information content (AvgIpc) is 2.62. The zero-order chi connectivity index (χ0) is 17.6. The van der Waals surface area contributed by atoms with Gasteiger partial charge in [0.2, 0.25) is 5.91 Å². The van der Waals surface area contributed by atoms with Crippen molar-refractivity contribution in [3.05, 3.63) is 64.6 Å². The van der Waals surface area contributed by atoms with Crippen molar-refractivity contribution < 1.29 is 4.79 Å². The molecule has 1 aliphatic heterocycles. The van der Waals surface area contributed by atoms with Crippen LogP contribution in [-0.4, -0.2) is 23.6 Å². The molecule has 5 heteroatoms. The normalized spacial score (nSPS) is 17.3. The quantitative estimate of drug-likeness (QED) is 0.910. The third-order valence-electron chi connectivity index (χ3n) is 4.66. The van der Waals surface area contributed by atoms with Crippen LogP contribution in [0.3, 0.4) is 0 Å². The minimum absolute atomic E-state index is 0.0451. The first-order chi connectivity index (χ1) is 12.1. The van der Waals surface area contributed by atoms with Gasteiger partial charge in [-0.25, -0.2) is 0 Å². The number of nitrogens with one attached hydrogen (secondary N) is 1. The predicted molar refractivity (Wildman–Crippen MR) is 99.6 cm³/mol. The van der Waals surface area contributed by atoms with Crippen LogP contribution in [0.4, 0.5) is 5.69 Å². The van der Waals surface area contributed by atoms with Crippen LogP contribution in [0, 0.1) is 5.92 Å². The molecule has 1 fully saturated rings. The lowest BCUT2D eigenvalue weighted by Gasteiger charge is -2.32. The zero-order valence-corrected chi connectivity index (χ0v) is 14.6. The molecule has 0 saturated carbocycles. The molecule has 1 unspecified atom stereocenters. The Labute approximate surface area is 148 Å². The van der Waals surface area contributed by atoms with E-state index in [2.05, 4.69) is 41.4 Å². The van der Waals surface area contributed by atoms with Crippen molar-refractivity contribution in [2.24, 2.45) is 5.92 Å². The summed E-state index contributed by atoms with van der Waals surface area (Å²) in [6, 6.07) is 13.2. The fraction of sp³-hybridized carbons (Fsp3) is 0.400. The molecule has 5 nitrogen and oxygen atoms in total. The summed E-state index contributed by atoms with van der Waals surface area (Å²) in [5.74, 6) is 0.580. The molecule has 25 heavy (non-hydrogen) atoms. The second-order valence-corrected chi connectivity index (χ2v) is 6.80. The Morgan fingerprint density at radius 3 is 2.72 bits per heavy atom. The number of nitrogens with zero attached hydrogens (tertiary/aromatic N) is 2. The largest absolute Gasteiger partial charge is 0.371 e. The fourth-order valence-corrected chi connectivity index (χ4v) is 3.25. The first kappa shape index (κ1) is 17.3. The molecule has 0 spiro atoms. The van der Waals surface area contributed by atoms with E-state index < -0.39 is 0 Å². The smallest absolute Gasteiger partial charge is 0.250 e. The number of benzene rings is 1. The molecule has 3 rings (SSSR count). The van der Waals surface area contributed by atoms with Crippen LogP contribution in [0.5, 0.6) is 0 Å². The van der Waals surface area contributed by atoms with Crippen LogP contribution in [0.15, 0.2) is 53.5 Å². The Kier molecular flexibility index (Phi) is 5.53. The van der Waals surface area contributed by atoms with Gasteiger partial charge in [-0.3, -0.25) is 9.59 Å². The van der Waals surface area contributed by atoms with E-state index in [1.54, 1.807) is 18.3 Å². The van der Waals surface area contributed by atoms with Crippen LogP contribution < -0.4 is 15.8 Å². The van der Waals surface area contributed by atoms with Crippen LogP contribution in [0.1, 0.15) is 25.3 Å². The maximum atomic E-state index is 12.0. The van der Waals surface area contributed by atoms with Gasteiger partial charge in [-0.2, -0.15) is 0 Å². The summed E-state index contributed by atoms with van der Waals surface area (Å²) in [6.45, 7) is 5.04. The zero-order valence-electron chi connectivity index (χ0n) is 14.6. The molecule has 2 aromatic rings. The highest BCUT2D eigenvalue weighted by Gasteiger charge is 2.16. The van der Waals surface area contributed by atoms with Crippen molar-refractivity contribution >= 4 is 11.6 Å². The molecule has 132 valence electrons. The monoisotopic (exact) mass is 339 g/mol. The first-order valence-electron chi connectivity index (χ1n) is 8.88. The Balaban J connectivity index is 1.52. The van der Waals surface area contributed by atoms with E-state index >= 15 is 0 Å². The van der Waals surface area contributed by atoms with Gasteiger partial charge in [0.05, 0.1) is 0 Å². The third kappa shape index (κ3) is 4.72. The summed E-state index contributed by atoms with van der Waals surface area (Å²) < 4.78 is 1.40. The fourth-order valence-electron chi connectivity index (χ4n) is 3.25. The van der Waals surface area contributed by atoms with Crippen LogP contribution in [0.2, 0.25) is 0 Å². The van der Waals surface area contributed by atoms with Crippen LogP contribution in [0.25, 0.3) is 0 Å². The van der Waals surface area contributed by atoms with Gasteiger partial charge in [-0.15, -0.1) is 0 Å². The lowest BCUT2D eigenvalue weighted by Crippen LogP contribution is -2.34. The molecule has 0 bridgehead atoms. The van der Waals surface area contributed by atoms with Gasteiger partial charge in [-0.05, 0) is 42.5 Å². The van der Waals surface area contributed by atoms with Gasteiger partial charge in [0.25, 0.3) is 5.56 Å². The Morgan fingerprint density at radius 2 is 2.00 bits per heavy atom. The summed E-state index contributed by atoms with van der Waals surface area (Å²) in [5.41, 5.74) is 2.14. The van der Waals surface area contributed by atoms with E-state index in [1.165, 1.54) is 29.2 Å². The molecule has 1 atom stereocenters. The Morgan fingerprint density at radius 1 is 1.20 bits per heavy atom. The minimum Gasteiger partial charge on any atom is -0.371 e. The van der Waals surface area contributed by atoms with Crippen molar-refractivity contribution in [1.29, 1.82) is 0 Å². The van der Waals surface area contributed by atoms with Crippen molar-refractivity contribution in [3.63, 3.8) is 0 Å². The van der Waals surface area contributed by atoms with Gasteiger partial charge in [0.1, 0.15) is 6.54 Å². The highest BCUT2D eigenvalue weighted by atomic mass is 16.2. The average molecular weight is 339 g/mol. The number of piperidine rings is 1. The number of hydrogen-bond acceptors (Lipinski definition) is 3. The Hall–Kier alpha value is -2.56. The van der Waals surface area contributed by atoms with Crippen molar-refractivity contribution in [3.8, 4) is 0 Å². The lowest BCUT2D eigenvalue weighted by atomic mass is 9.99. The molecule has 1 aliphatic rings. The first-order valence-corrected chi connectivity index (χ1v) is 8.88. The van der Waals surface area contributed by atoms with Crippen molar-refractivity contribution in [2.45, 2.75) is 32.9 Å². The van der Waals surface area contributed by atoms with Gasteiger partial charge in [0, 0.05) is 37.6 Å². The molecule has 1 saturated heterocycles. The van der Waals surface area contributed by atoms with Gasteiger partial charge < -0.3 is 14.8 Å². The van der Waals surface area contributed by atoms with E-state index in [0.29, 0.717) is 6.54 Å². The lowest BCUT2D eigenvalue weighted by molar-refractivity contribution is -0.121. The predicted octanol–water partition coefficient (Wildman–Crippen LogP) is 2.40. The van der Waals surface area contributed by atoms with Crippen molar-refractivity contribution in [1.82, 2.24) is 9.88 Å². The maximum Gasteiger partial charge on any atom is 0.250 e. The number of anilines is 1. The number of pyridine rings is 1. The molecule has 2 heterocycles. The second kappa shape index (κ2) is 8.01. The minimum atomic E-state index is -0.169. The SMILES string of the molecule is CC1CCCN(c2ccc(CNC(=O)Cn3ccccc3=O)cc2)C1. The van der Waals surface area contributed by atoms with Crippen LogP contribution in [-0.2, 0) is 17.9 Å². The van der Waals surface area contributed by atoms with E-state index in [4.69, 9.17) is 0 Å². The number of carbonyl (C=O) groups excluding carboxylic acids is 1. The van der Waals surface area contributed by atoms with E-state index in [-0.39, 0.29) is 18.0 Å². The summed E-state index contributed by atoms with van der Waals surface area (Å²) in [4.78, 5) is 26.1. The molecule has 1 aromatic carbocycles. The number of amides is 1. The van der Waals surface area contributed by atoms with Crippen LogP contribution >= 0.6 is 0 Å². The van der Waals surface area contributed by atoms with E-state index in [1.807, 2.05) is 0 Å². The molecule has 0 aliphatic carbocycles. The van der Waals surface area contributed by atoms with E-state index in [0.717, 1.165) is 24.6 Å². The number of hydrogen-bond donors (Lipinski definition) is 1. The van der Waals surface area contributed by atoms with Gasteiger partial charge in [-0.1, -0.05) is 25.1 Å².